The molecule has 0 bridgehead atoms. The topological polar surface area (TPSA) is 36.2 Å². The summed E-state index contributed by atoms with van der Waals surface area (Å²) in [6, 6.07) is 12.9. The van der Waals surface area contributed by atoms with Gasteiger partial charge in [-0.3, -0.25) is 9.36 Å². The molecule has 4 rings (SSSR count). The monoisotopic (exact) mass is 386 g/mol. The van der Waals surface area contributed by atoms with Gasteiger partial charge in [-0.05, 0) is 36.4 Å². The van der Waals surface area contributed by atoms with E-state index in [0.717, 1.165) is 27.7 Å². The Labute approximate surface area is 160 Å². The summed E-state index contributed by atoms with van der Waals surface area (Å²) in [6.45, 7) is 0. The molecule has 0 atom stereocenters. The van der Waals surface area contributed by atoms with Gasteiger partial charge in [0.15, 0.2) is 0 Å². The summed E-state index contributed by atoms with van der Waals surface area (Å²) < 4.78 is 9.04. The van der Waals surface area contributed by atoms with Crippen LogP contribution in [-0.2, 0) is 14.1 Å². The van der Waals surface area contributed by atoms with Gasteiger partial charge in [-0.25, -0.2) is 0 Å². The summed E-state index contributed by atoms with van der Waals surface area (Å²) in [5.41, 5.74) is 2.96. The number of hydrogen-bond acceptors (Lipinski definition) is 2. The summed E-state index contributed by atoms with van der Waals surface area (Å²) >= 11 is 12.4. The van der Waals surface area contributed by atoms with Gasteiger partial charge in [0.25, 0.3) is 5.56 Å². The van der Waals surface area contributed by atoms with Crippen molar-refractivity contribution in [3.05, 3.63) is 62.9 Å². The van der Waals surface area contributed by atoms with Crippen LogP contribution >= 0.6 is 23.2 Å². The van der Waals surface area contributed by atoms with Gasteiger partial charge < -0.3 is 9.30 Å². The maximum Gasteiger partial charge on any atom is 0.259 e. The Morgan fingerprint density at radius 1 is 0.885 bits per heavy atom. The van der Waals surface area contributed by atoms with Crippen LogP contribution in [0.5, 0.6) is 5.75 Å². The molecule has 0 saturated carbocycles. The molecule has 2 heterocycles. The smallest absolute Gasteiger partial charge is 0.259 e. The number of methoxy groups -OCH3 is 1. The molecule has 2 aromatic heterocycles. The molecule has 132 valence electrons. The fourth-order valence-corrected chi connectivity index (χ4v) is 4.01. The number of ether oxygens (including phenoxy) is 1. The zero-order valence-electron chi connectivity index (χ0n) is 14.5. The Kier molecular flexibility index (Phi) is 3.98. The highest BCUT2D eigenvalue weighted by atomic mass is 35.5. The van der Waals surface area contributed by atoms with Crippen LogP contribution in [0.2, 0.25) is 10.0 Å². The number of aromatic nitrogens is 2. The third-order valence-electron chi connectivity index (χ3n) is 4.78. The van der Waals surface area contributed by atoms with Crippen molar-refractivity contribution >= 4 is 45.1 Å². The molecule has 0 aliphatic rings. The van der Waals surface area contributed by atoms with E-state index in [1.807, 2.05) is 35.9 Å². The number of halogens is 2. The standard InChI is InChI=1S/C20H16Cl2N2O2/c1-23-18-7-5-12(26-3)9-14(18)15-10-16(20(25)24(2)19(15)23)13-6-4-11(21)8-17(13)22/h4-10H,1-3H3. The van der Waals surface area contributed by atoms with E-state index >= 15 is 0 Å². The van der Waals surface area contributed by atoms with Crippen molar-refractivity contribution in [1.29, 1.82) is 0 Å². The Morgan fingerprint density at radius 3 is 2.35 bits per heavy atom. The molecular formula is C20H16Cl2N2O2. The molecule has 0 amide bonds. The van der Waals surface area contributed by atoms with E-state index in [9.17, 15) is 4.79 Å². The van der Waals surface area contributed by atoms with E-state index in [1.165, 1.54) is 0 Å². The normalized spacial score (nSPS) is 11.4. The van der Waals surface area contributed by atoms with Gasteiger partial charge in [-0.2, -0.15) is 0 Å². The van der Waals surface area contributed by atoms with E-state index in [2.05, 4.69) is 0 Å². The minimum absolute atomic E-state index is 0.111. The van der Waals surface area contributed by atoms with Crippen molar-refractivity contribution in [2.45, 2.75) is 0 Å². The first-order valence-electron chi connectivity index (χ1n) is 8.04. The van der Waals surface area contributed by atoms with Crippen LogP contribution in [0.15, 0.2) is 47.3 Å². The summed E-state index contributed by atoms with van der Waals surface area (Å²) in [4.78, 5) is 13.0. The molecule has 0 aliphatic carbocycles. The van der Waals surface area contributed by atoms with Crippen LogP contribution in [0.4, 0.5) is 0 Å². The van der Waals surface area contributed by atoms with Gasteiger partial charge in [0.1, 0.15) is 11.4 Å². The Hall–Kier alpha value is -2.43. The van der Waals surface area contributed by atoms with Crippen LogP contribution in [0.25, 0.3) is 33.1 Å². The lowest BCUT2D eigenvalue weighted by atomic mass is 10.0. The zero-order chi connectivity index (χ0) is 18.6. The Bertz CT molecular complexity index is 1240. The second-order valence-corrected chi connectivity index (χ2v) is 7.07. The van der Waals surface area contributed by atoms with Crippen LogP contribution in [0.1, 0.15) is 0 Å². The third kappa shape index (κ3) is 2.41. The molecule has 0 unspecified atom stereocenters. The summed E-state index contributed by atoms with van der Waals surface area (Å²) in [7, 11) is 5.36. The van der Waals surface area contributed by atoms with Crippen LogP contribution in [-0.4, -0.2) is 16.2 Å². The minimum Gasteiger partial charge on any atom is -0.497 e. The highest BCUT2D eigenvalue weighted by Crippen LogP contribution is 2.34. The number of benzene rings is 2. The number of pyridine rings is 1. The average molecular weight is 387 g/mol. The molecule has 4 nitrogen and oxygen atoms in total. The van der Waals surface area contributed by atoms with Gasteiger partial charge in [0, 0.05) is 41.0 Å². The first-order valence-corrected chi connectivity index (χ1v) is 8.79. The van der Waals surface area contributed by atoms with Gasteiger partial charge in [0.2, 0.25) is 0 Å². The molecule has 0 aliphatic heterocycles. The van der Waals surface area contributed by atoms with Gasteiger partial charge in [-0.1, -0.05) is 29.3 Å². The maximum absolute atomic E-state index is 13.0. The Morgan fingerprint density at radius 2 is 1.65 bits per heavy atom. The molecule has 2 aromatic carbocycles. The highest BCUT2D eigenvalue weighted by molar-refractivity contribution is 6.36. The SMILES string of the molecule is COc1ccc2c(c1)c1cc(-c3ccc(Cl)cc3Cl)c(=O)n(C)c1n2C. The van der Waals surface area contributed by atoms with Gasteiger partial charge in [-0.15, -0.1) is 0 Å². The maximum atomic E-state index is 13.0. The summed E-state index contributed by atoms with van der Waals surface area (Å²) in [5.74, 6) is 0.768. The molecule has 0 saturated heterocycles. The first kappa shape index (κ1) is 17.0. The molecular weight excluding hydrogens is 371 g/mol. The van der Waals surface area contributed by atoms with Gasteiger partial charge in [0.05, 0.1) is 17.6 Å². The van der Waals surface area contributed by atoms with Crippen molar-refractivity contribution in [3.8, 4) is 16.9 Å². The Balaban J connectivity index is 2.15. The highest BCUT2D eigenvalue weighted by Gasteiger charge is 2.17. The zero-order valence-corrected chi connectivity index (χ0v) is 16.0. The lowest BCUT2D eigenvalue weighted by molar-refractivity contribution is 0.415. The van der Waals surface area contributed by atoms with Crippen molar-refractivity contribution in [2.24, 2.45) is 14.1 Å². The predicted octanol–water partition coefficient (Wildman–Crippen LogP) is 5.01. The van der Waals surface area contributed by atoms with Crippen LogP contribution < -0.4 is 10.3 Å². The second kappa shape index (κ2) is 6.08. The van der Waals surface area contributed by atoms with E-state index in [1.54, 1.807) is 36.9 Å². The minimum atomic E-state index is -0.111. The molecule has 0 N–H and O–H groups in total. The number of aryl methyl sites for hydroxylation is 2. The second-order valence-electron chi connectivity index (χ2n) is 6.23. The van der Waals surface area contributed by atoms with Crippen LogP contribution in [0.3, 0.4) is 0 Å². The molecule has 4 aromatic rings. The average Bonchev–Trinajstić information content (AvgIpc) is 2.90. The van der Waals surface area contributed by atoms with E-state index in [-0.39, 0.29) is 5.56 Å². The molecule has 26 heavy (non-hydrogen) atoms. The van der Waals surface area contributed by atoms with E-state index in [0.29, 0.717) is 21.2 Å². The summed E-state index contributed by atoms with van der Waals surface area (Å²) in [5, 5.41) is 2.96. The fourth-order valence-electron chi connectivity index (χ4n) is 3.50. The predicted molar refractivity (Wildman–Crippen MR) is 108 cm³/mol. The van der Waals surface area contributed by atoms with Crippen molar-refractivity contribution in [2.75, 3.05) is 7.11 Å². The number of fused-ring (bicyclic) bond motifs is 3. The number of rotatable bonds is 2. The van der Waals surface area contributed by atoms with Crippen molar-refractivity contribution < 1.29 is 4.74 Å². The molecule has 0 spiro atoms. The molecule has 0 fully saturated rings. The lowest BCUT2D eigenvalue weighted by Gasteiger charge is -2.09. The van der Waals surface area contributed by atoms with Crippen molar-refractivity contribution in [3.63, 3.8) is 0 Å². The van der Waals surface area contributed by atoms with Crippen molar-refractivity contribution in [1.82, 2.24) is 9.13 Å². The third-order valence-corrected chi connectivity index (χ3v) is 5.32. The number of nitrogens with zero attached hydrogens (tertiary/aromatic N) is 2. The lowest BCUT2D eigenvalue weighted by Crippen LogP contribution is -2.20. The molecule has 0 radical (unpaired) electrons. The molecule has 6 heteroatoms. The van der Waals surface area contributed by atoms with Gasteiger partial charge >= 0.3 is 0 Å². The first-order chi connectivity index (χ1) is 12.4. The summed E-state index contributed by atoms with van der Waals surface area (Å²) in [6.07, 6.45) is 0. The number of hydrogen-bond donors (Lipinski definition) is 0. The fraction of sp³-hybridized carbons (Fsp3) is 0.150. The largest absolute Gasteiger partial charge is 0.497 e. The quantitative estimate of drug-likeness (QED) is 0.485. The van der Waals surface area contributed by atoms with E-state index < -0.39 is 0 Å². The van der Waals surface area contributed by atoms with Crippen LogP contribution in [0, 0.1) is 0 Å². The van der Waals surface area contributed by atoms with E-state index in [4.69, 9.17) is 27.9 Å².